The number of hydrogen-bond acceptors (Lipinski definition) is 5. The molecule has 3 rings (SSSR count). The molecule has 2 aromatic rings. The molecule has 1 saturated carbocycles. The number of aryl methyl sites for hydroxylation is 1. The van der Waals surface area contributed by atoms with E-state index in [1.54, 1.807) is 10.1 Å². The van der Waals surface area contributed by atoms with Crippen molar-refractivity contribution in [1.29, 1.82) is 0 Å². The average Bonchev–Trinajstić information content (AvgIpc) is 3.16. The highest BCUT2D eigenvalue weighted by Gasteiger charge is 2.20. The van der Waals surface area contributed by atoms with E-state index in [1.807, 2.05) is 13.1 Å². The van der Waals surface area contributed by atoms with Gasteiger partial charge in [0.05, 0.1) is 10.7 Å². The number of nitrogens with two attached hydrogens (primary N) is 1. The maximum absolute atomic E-state index is 12.3. The Labute approximate surface area is 140 Å². The fourth-order valence-corrected chi connectivity index (χ4v) is 3.83. The topological polar surface area (TPSA) is 85.8 Å². The summed E-state index contributed by atoms with van der Waals surface area (Å²) in [5.41, 5.74) is 7.05. The first-order valence-corrected chi connectivity index (χ1v) is 9.05. The van der Waals surface area contributed by atoms with E-state index in [2.05, 4.69) is 15.4 Å². The number of thiazole rings is 1. The molecule has 0 radical (unpaired) electrons. The SMILES string of the molecule is Cn1nc(C2CCCCC2)cc1NC(=O)c1csc(CCN)n1. The molecule has 0 aromatic carbocycles. The zero-order valence-electron chi connectivity index (χ0n) is 13.4. The van der Waals surface area contributed by atoms with Gasteiger partial charge in [0.1, 0.15) is 11.5 Å². The van der Waals surface area contributed by atoms with E-state index in [4.69, 9.17) is 5.73 Å². The van der Waals surface area contributed by atoms with Crippen molar-refractivity contribution in [1.82, 2.24) is 14.8 Å². The summed E-state index contributed by atoms with van der Waals surface area (Å²) in [4.78, 5) is 16.6. The third kappa shape index (κ3) is 3.79. The highest BCUT2D eigenvalue weighted by Crippen LogP contribution is 2.32. The van der Waals surface area contributed by atoms with Crippen LogP contribution in [0.4, 0.5) is 5.82 Å². The monoisotopic (exact) mass is 333 g/mol. The molecule has 0 spiro atoms. The number of aromatic nitrogens is 3. The molecular weight excluding hydrogens is 310 g/mol. The van der Waals surface area contributed by atoms with Gasteiger partial charge in [-0.2, -0.15) is 5.10 Å². The smallest absolute Gasteiger partial charge is 0.276 e. The molecule has 3 N–H and O–H groups in total. The predicted molar refractivity (Wildman–Crippen MR) is 91.9 cm³/mol. The minimum absolute atomic E-state index is 0.192. The van der Waals surface area contributed by atoms with Crippen LogP contribution in [-0.4, -0.2) is 27.2 Å². The van der Waals surface area contributed by atoms with Gasteiger partial charge in [0.25, 0.3) is 5.91 Å². The molecule has 0 atom stereocenters. The minimum atomic E-state index is -0.192. The highest BCUT2D eigenvalue weighted by atomic mass is 32.1. The summed E-state index contributed by atoms with van der Waals surface area (Å²) < 4.78 is 1.75. The van der Waals surface area contributed by atoms with E-state index >= 15 is 0 Å². The largest absolute Gasteiger partial charge is 0.330 e. The molecule has 0 aliphatic heterocycles. The number of nitrogens with zero attached hydrogens (tertiary/aromatic N) is 3. The minimum Gasteiger partial charge on any atom is -0.330 e. The van der Waals surface area contributed by atoms with Crippen LogP contribution in [0, 0.1) is 0 Å². The Balaban J connectivity index is 1.69. The van der Waals surface area contributed by atoms with Crippen LogP contribution < -0.4 is 11.1 Å². The Morgan fingerprint density at radius 2 is 2.22 bits per heavy atom. The van der Waals surface area contributed by atoms with Crippen LogP contribution in [0.3, 0.4) is 0 Å². The normalized spacial score (nSPS) is 15.7. The third-order valence-corrected chi connectivity index (χ3v) is 5.21. The van der Waals surface area contributed by atoms with Crippen molar-refractivity contribution in [2.45, 2.75) is 44.4 Å². The lowest BCUT2D eigenvalue weighted by atomic mass is 9.87. The van der Waals surface area contributed by atoms with Gasteiger partial charge in [-0.05, 0) is 19.4 Å². The molecule has 1 aliphatic rings. The summed E-state index contributed by atoms with van der Waals surface area (Å²) in [5.74, 6) is 1.06. The van der Waals surface area contributed by atoms with Crippen LogP contribution >= 0.6 is 11.3 Å². The highest BCUT2D eigenvalue weighted by molar-refractivity contribution is 7.09. The zero-order valence-corrected chi connectivity index (χ0v) is 14.2. The second kappa shape index (κ2) is 7.23. The second-order valence-electron chi connectivity index (χ2n) is 6.03. The van der Waals surface area contributed by atoms with Gasteiger partial charge >= 0.3 is 0 Å². The van der Waals surface area contributed by atoms with Gasteiger partial charge in [-0.15, -0.1) is 11.3 Å². The molecule has 7 heteroatoms. The van der Waals surface area contributed by atoms with E-state index < -0.39 is 0 Å². The Kier molecular flexibility index (Phi) is 5.07. The fourth-order valence-electron chi connectivity index (χ4n) is 3.04. The van der Waals surface area contributed by atoms with Crippen molar-refractivity contribution < 1.29 is 4.79 Å². The summed E-state index contributed by atoms with van der Waals surface area (Å²) in [6.45, 7) is 0.543. The van der Waals surface area contributed by atoms with E-state index in [0.717, 1.165) is 16.5 Å². The lowest BCUT2D eigenvalue weighted by molar-refractivity contribution is 0.102. The number of rotatable bonds is 5. The van der Waals surface area contributed by atoms with Crippen LogP contribution in [0.1, 0.15) is 59.2 Å². The van der Waals surface area contributed by atoms with Gasteiger partial charge < -0.3 is 11.1 Å². The van der Waals surface area contributed by atoms with Gasteiger partial charge in [-0.25, -0.2) is 4.98 Å². The first-order chi connectivity index (χ1) is 11.2. The summed E-state index contributed by atoms with van der Waals surface area (Å²) >= 11 is 1.47. The van der Waals surface area contributed by atoms with E-state index in [1.165, 1.54) is 43.4 Å². The summed E-state index contributed by atoms with van der Waals surface area (Å²) in [6, 6.07) is 2.00. The summed E-state index contributed by atoms with van der Waals surface area (Å²) in [5, 5.41) is 10.2. The number of carbonyl (C=O) groups excluding carboxylic acids is 1. The predicted octanol–water partition coefficient (Wildman–Crippen LogP) is 2.68. The Morgan fingerprint density at radius 3 is 2.96 bits per heavy atom. The standard InChI is InChI=1S/C16H23N5OS/c1-21-14(9-12(20-21)11-5-3-2-4-6-11)19-16(22)13-10-23-15(18-13)7-8-17/h9-11H,2-8,17H2,1H3,(H,19,22). The van der Waals surface area contributed by atoms with Gasteiger partial charge in [0.15, 0.2) is 0 Å². The summed E-state index contributed by atoms with van der Waals surface area (Å²) in [7, 11) is 1.86. The first-order valence-electron chi connectivity index (χ1n) is 8.17. The van der Waals surface area contributed by atoms with Crippen LogP contribution in [0.25, 0.3) is 0 Å². The zero-order chi connectivity index (χ0) is 16.2. The molecule has 23 heavy (non-hydrogen) atoms. The van der Waals surface area contributed by atoms with Crippen molar-refractivity contribution in [2.24, 2.45) is 12.8 Å². The van der Waals surface area contributed by atoms with Crippen molar-refractivity contribution in [3.8, 4) is 0 Å². The molecule has 6 nitrogen and oxygen atoms in total. The Hall–Kier alpha value is -1.73. The summed E-state index contributed by atoms with van der Waals surface area (Å²) in [6.07, 6.45) is 6.95. The number of amides is 1. The molecule has 124 valence electrons. The molecule has 1 amide bonds. The van der Waals surface area contributed by atoms with E-state index in [9.17, 15) is 4.79 Å². The number of nitrogens with one attached hydrogen (secondary N) is 1. The molecule has 2 aromatic heterocycles. The van der Waals surface area contributed by atoms with Gasteiger partial charge in [0, 0.05) is 30.8 Å². The Bertz CT molecular complexity index is 672. The van der Waals surface area contributed by atoms with E-state index in [0.29, 0.717) is 24.6 Å². The van der Waals surface area contributed by atoms with Crippen LogP contribution in [-0.2, 0) is 13.5 Å². The Morgan fingerprint density at radius 1 is 1.43 bits per heavy atom. The maximum atomic E-state index is 12.3. The lowest BCUT2D eigenvalue weighted by Crippen LogP contribution is -2.15. The van der Waals surface area contributed by atoms with Crippen LogP contribution in [0.2, 0.25) is 0 Å². The van der Waals surface area contributed by atoms with E-state index in [-0.39, 0.29) is 5.91 Å². The van der Waals surface area contributed by atoms with Crippen molar-refractivity contribution >= 4 is 23.1 Å². The van der Waals surface area contributed by atoms with Gasteiger partial charge in [0.2, 0.25) is 0 Å². The second-order valence-corrected chi connectivity index (χ2v) is 6.97. The van der Waals surface area contributed by atoms with Gasteiger partial charge in [-0.3, -0.25) is 9.48 Å². The van der Waals surface area contributed by atoms with Crippen molar-refractivity contribution in [2.75, 3.05) is 11.9 Å². The third-order valence-electron chi connectivity index (χ3n) is 4.31. The van der Waals surface area contributed by atoms with Gasteiger partial charge in [-0.1, -0.05) is 19.3 Å². The quantitative estimate of drug-likeness (QED) is 0.881. The van der Waals surface area contributed by atoms with Crippen molar-refractivity contribution in [3.63, 3.8) is 0 Å². The van der Waals surface area contributed by atoms with Crippen LogP contribution in [0.5, 0.6) is 0 Å². The number of hydrogen-bond donors (Lipinski definition) is 2. The number of anilines is 1. The first kappa shape index (κ1) is 16.1. The van der Waals surface area contributed by atoms with Crippen LogP contribution in [0.15, 0.2) is 11.4 Å². The molecule has 1 fully saturated rings. The molecule has 0 bridgehead atoms. The average molecular weight is 333 g/mol. The lowest BCUT2D eigenvalue weighted by Gasteiger charge is -2.19. The maximum Gasteiger partial charge on any atom is 0.276 e. The van der Waals surface area contributed by atoms with Crippen molar-refractivity contribution in [3.05, 3.63) is 27.8 Å². The molecule has 1 aliphatic carbocycles. The molecule has 0 unspecified atom stereocenters. The molecule has 2 heterocycles. The molecular formula is C16H23N5OS. The fraction of sp³-hybridized carbons (Fsp3) is 0.562. The molecule has 0 saturated heterocycles. The number of carbonyl (C=O) groups is 1.